The number of benzene rings is 2. The molecule has 0 fully saturated rings. The number of rotatable bonds is 7. The van der Waals surface area contributed by atoms with Crippen LogP contribution in [0.15, 0.2) is 48.5 Å². The van der Waals surface area contributed by atoms with E-state index in [2.05, 4.69) is 10.6 Å². The first-order chi connectivity index (χ1) is 13.3. The Labute approximate surface area is 165 Å². The highest BCUT2D eigenvalue weighted by Gasteiger charge is 2.16. The quantitative estimate of drug-likeness (QED) is 0.706. The SMILES string of the molecule is COc1ccccc1C(=O)NCCOc1cccc(NC(=O)OC(C)(C)C)c1. The highest BCUT2D eigenvalue weighted by Crippen LogP contribution is 2.19. The molecule has 7 nitrogen and oxygen atoms in total. The van der Waals surface area contributed by atoms with Crippen molar-refractivity contribution in [2.24, 2.45) is 0 Å². The molecule has 2 rings (SSSR count). The summed E-state index contributed by atoms with van der Waals surface area (Å²) in [7, 11) is 1.52. The number of nitrogens with one attached hydrogen (secondary N) is 2. The van der Waals surface area contributed by atoms with Gasteiger partial charge in [-0.05, 0) is 45.0 Å². The summed E-state index contributed by atoms with van der Waals surface area (Å²) in [6.45, 7) is 5.99. The molecule has 0 saturated carbocycles. The first kappa shape index (κ1) is 21.1. The number of para-hydroxylation sites is 1. The van der Waals surface area contributed by atoms with Crippen molar-refractivity contribution >= 4 is 17.7 Å². The summed E-state index contributed by atoms with van der Waals surface area (Å²) >= 11 is 0. The lowest BCUT2D eigenvalue weighted by Gasteiger charge is -2.19. The largest absolute Gasteiger partial charge is 0.496 e. The molecule has 150 valence electrons. The lowest BCUT2D eigenvalue weighted by Crippen LogP contribution is -2.28. The Bertz CT molecular complexity index is 814. The molecule has 0 radical (unpaired) electrons. The fourth-order valence-corrected chi connectivity index (χ4v) is 2.35. The van der Waals surface area contributed by atoms with Gasteiger partial charge in [0.25, 0.3) is 5.91 Å². The predicted molar refractivity (Wildman–Crippen MR) is 107 cm³/mol. The fourth-order valence-electron chi connectivity index (χ4n) is 2.35. The molecule has 0 saturated heterocycles. The second kappa shape index (κ2) is 9.64. The van der Waals surface area contributed by atoms with E-state index in [1.807, 2.05) is 0 Å². The van der Waals surface area contributed by atoms with Crippen molar-refractivity contribution in [3.8, 4) is 11.5 Å². The van der Waals surface area contributed by atoms with Gasteiger partial charge >= 0.3 is 6.09 Å². The summed E-state index contributed by atoms with van der Waals surface area (Å²) in [4.78, 5) is 24.0. The van der Waals surface area contributed by atoms with E-state index in [-0.39, 0.29) is 12.5 Å². The Morgan fingerprint density at radius 2 is 1.79 bits per heavy atom. The van der Waals surface area contributed by atoms with Gasteiger partial charge in [-0.3, -0.25) is 10.1 Å². The van der Waals surface area contributed by atoms with Gasteiger partial charge < -0.3 is 19.5 Å². The normalized spacial score (nSPS) is 10.7. The second-order valence-corrected chi connectivity index (χ2v) is 6.96. The van der Waals surface area contributed by atoms with E-state index in [1.54, 1.807) is 69.3 Å². The van der Waals surface area contributed by atoms with E-state index in [0.717, 1.165) is 0 Å². The van der Waals surface area contributed by atoms with Crippen LogP contribution in [0.4, 0.5) is 10.5 Å². The Hall–Kier alpha value is -3.22. The van der Waals surface area contributed by atoms with E-state index >= 15 is 0 Å². The molecule has 28 heavy (non-hydrogen) atoms. The highest BCUT2D eigenvalue weighted by molar-refractivity contribution is 5.96. The zero-order valence-corrected chi connectivity index (χ0v) is 16.6. The topological polar surface area (TPSA) is 85.9 Å². The first-order valence-corrected chi connectivity index (χ1v) is 8.92. The minimum Gasteiger partial charge on any atom is -0.496 e. The lowest BCUT2D eigenvalue weighted by molar-refractivity contribution is 0.0635. The van der Waals surface area contributed by atoms with Crippen LogP contribution >= 0.6 is 0 Å². The molecular formula is C21H26N2O5. The molecule has 0 aromatic heterocycles. The van der Waals surface area contributed by atoms with Crippen molar-refractivity contribution in [3.63, 3.8) is 0 Å². The van der Waals surface area contributed by atoms with E-state index in [9.17, 15) is 9.59 Å². The van der Waals surface area contributed by atoms with Gasteiger partial charge in [-0.1, -0.05) is 18.2 Å². The average Bonchev–Trinajstić information content (AvgIpc) is 2.63. The van der Waals surface area contributed by atoms with Gasteiger partial charge in [0, 0.05) is 11.8 Å². The van der Waals surface area contributed by atoms with Crippen molar-refractivity contribution in [1.82, 2.24) is 5.32 Å². The molecule has 0 aliphatic rings. The number of hydrogen-bond donors (Lipinski definition) is 2. The van der Waals surface area contributed by atoms with Gasteiger partial charge in [-0.15, -0.1) is 0 Å². The van der Waals surface area contributed by atoms with Gasteiger partial charge in [0.1, 0.15) is 23.7 Å². The lowest BCUT2D eigenvalue weighted by atomic mass is 10.2. The summed E-state index contributed by atoms with van der Waals surface area (Å²) in [5.41, 5.74) is 0.455. The van der Waals surface area contributed by atoms with Gasteiger partial charge in [-0.25, -0.2) is 4.79 Å². The van der Waals surface area contributed by atoms with Crippen LogP contribution in [0.1, 0.15) is 31.1 Å². The zero-order valence-electron chi connectivity index (χ0n) is 16.6. The maximum Gasteiger partial charge on any atom is 0.412 e. The Balaban J connectivity index is 1.82. The van der Waals surface area contributed by atoms with Crippen LogP contribution < -0.4 is 20.1 Å². The summed E-state index contributed by atoms with van der Waals surface area (Å²) in [5, 5.41) is 5.44. The number of ether oxygens (including phenoxy) is 3. The smallest absolute Gasteiger partial charge is 0.412 e. The molecule has 0 unspecified atom stereocenters. The minimum absolute atomic E-state index is 0.235. The summed E-state index contributed by atoms with van der Waals surface area (Å²) < 4.78 is 16.0. The zero-order chi connectivity index (χ0) is 20.6. The predicted octanol–water partition coefficient (Wildman–Crippen LogP) is 3.85. The molecule has 0 atom stereocenters. The molecule has 0 aliphatic heterocycles. The molecule has 2 N–H and O–H groups in total. The highest BCUT2D eigenvalue weighted by atomic mass is 16.6. The molecule has 0 heterocycles. The monoisotopic (exact) mass is 386 g/mol. The van der Waals surface area contributed by atoms with E-state index < -0.39 is 11.7 Å². The van der Waals surface area contributed by atoms with Crippen LogP contribution in [0.3, 0.4) is 0 Å². The van der Waals surface area contributed by atoms with Crippen molar-refractivity contribution in [2.75, 3.05) is 25.6 Å². The summed E-state index contributed by atoms with van der Waals surface area (Å²) in [6.07, 6.45) is -0.534. The third kappa shape index (κ3) is 6.83. The van der Waals surface area contributed by atoms with Crippen molar-refractivity contribution < 1.29 is 23.8 Å². The van der Waals surface area contributed by atoms with Crippen LogP contribution in [0.5, 0.6) is 11.5 Å². The van der Waals surface area contributed by atoms with Crippen LogP contribution in [0.2, 0.25) is 0 Å². The van der Waals surface area contributed by atoms with Gasteiger partial charge in [0.2, 0.25) is 0 Å². The maximum absolute atomic E-state index is 12.2. The van der Waals surface area contributed by atoms with E-state index in [4.69, 9.17) is 14.2 Å². The van der Waals surface area contributed by atoms with Gasteiger partial charge in [0.05, 0.1) is 19.2 Å². The third-order valence-electron chi connectivity index (χ3n) is 3.49. The molecule has 2 aromatic carbocycles. The Kier molecular flexibility index (Phi) is 7.26. The van der Waals surface area contributed by atoms with Crippen LogP contribution in [-0.2, 0) is 4.74 Å². The number of carbonyl (C=O) groups is 2. The van der Waals surface area contributed by atoms with E-state index in [0.29, 0.717) is 29.3 Å². The second-order valence-electron chi connectivity index (χ2n) is 6.96. The number of hydrogen-bond acceptors (Lipinski definition) is 5. The Morgan fingerprint density at radius 1 is 1.04 bits per heavy atom. The number of amides is 2. The van der Waals surface area contributed by atoms with Crippen LogP contribution in [-0.4, -0.2) is 37.9 Å². The number of carbonyl (C=O) groups excluding carboxylic acids is 2. The van der Waals surface area contributed by atoms with E-state index in [1.165, 1.54) is 7.11 Å². The summed E-state index contributed by atoms with van der Waals surface area (Å²) in [6, 6.07) is 14.0. The van der Waals surface area contributed by atoms with Crippen LogP contribution in [0.25, 0.3) is 0 Å². The van der Waals surface area contributed by atoms with Crippen LogP contribution in [0, 0.1) is 0 Å². The third-order valence-corrected chi connectivity index (χ3v) is 3.49. The number of anilines is 1. The number of methoxy groups -OCH3 is 1. The maximum atomic E-state index is 12.2. The minimum atomic E-state index is -0.572. The molecule has 0 aliphatic carbocycles. The van der Waals surface area contributed by atoms with Gasteiger partial charge in [-0.2, -0.15) is 0 Å². The molecule has 0 spiro atoms. The fraction of sp³-hybridized carbons (Fsp3) is 0.333. The molecule has 7 heteroatoms. The molecule has 2 amide bonds. The first-order valence-electron chi connectivity index (χ1n) is 8.92. The summed E-state index contributed by atoms with van der Waals surface area (Å²) in [5.74, 6) is 0.850. The van der Waals surface area contributed by atoms with Gasteiger partial charge in [0.15, 0.2) is 0 Å². The Morgan fingerprint density at radius 3 is 2.50 bits per heavy atom. The average molecular weight is 386 g/mol. The molecular weight excluding hydrogens is 360 g/mol. The van der Waals surface area contributed by atoms with Crippen molar-refractivity contribution in [1.29, 1.82) is 0 Å². The van der Waals surface area contributed by atoms with Crippen molar-refractivity contribution in [3.05, 3.63) is 54.1 Å². The molecule has 0 bridgehead atoms. The standard InChI is InChI=1S/C21H26N2O5/c1-21(2,3)28-20(25)23-15-8-7-9-16(14-15)27-13-12-22-19(24)17-10-5-6-11-18(17)26-4/h5-11,14H,12-13H2,1-4H3,(H,22,24)(H,23,25). The van der Waals surface area contributed by atoms with Crippen molar-refractivity contribution in [2.45, 2.75) is 26.4 Å². The molecule has 2 aromatic rings.